The smallest absolute Gasteiger partial charge is 0 e. The minimum absolute atomic E-state index is 0. The fourth-order valence-electron chi connectivity index (χ4n) is 0. The Bertz CT molecular complexity index is 23.5. The summed E-state index contributed by atoms with van der Waals surface area (Å²) in [5.41, 5.74) is 0. The second kappa shape index (κ2) is 76.0. The Morgan fingerprint density at radius 2 is 0.750 bits per heavy atom. The van der Waals surface area contributed by atoms with Crippen LogP contribution in [0.15, 0.2) is 0 Å². The van der Waals surface area contributed by atoms with Crippen LogP contribution in [0.25, 0.3) is 0 Å². The number of hydrogen-bond donors (Lipinski definition) is 0. The van der Waals surface area contributed by atoms with Gasteiger partial charge in [-0.2, -0.15) is 12.8 Å². The normalized spacial score (nSPS) is 3.00. The summed E-state index contributed by atoms with van der Waals surface area (Å²) < 4.78 is 0. The summed E-state index contributed by atoms with van der Waals surface area (Å²) in [5, 5.41) is 0. The van der Waals surface area contributed by atoms with Gasteiger partial charge in [-0.05, 0) is 0 Å². The molecule has 0 saturated carbocycles. The monoisotopic (exact) mass is 1030 g/mol. The van der Waals surface area contributed by atoms with Crippen molar-refractivity contribution in [2.75, 3.05) is 0 Å². The number of rotatable bonds is 0. The van der Waals surface area contributed by atoms with E-state index in [1.165, 1.54) is 0 Å². The van der Waals surface area contributed by atoms with E-state index in [9.17, 15) is 0 Å². The maximum atomic E-state index is 3.49. The van der Waals surface area contributed by atoms with E-state index in [0.717, 1.165) is 12.8 Å². The Hall–Kier alpha value is 4.65. The molecule has 0 spiro atoms. The largest absolute Gasteiger partial charge is 0.344 e. The van der Waals surface area contributed by atoms with Crippen LogP contribution in [0.3, 0.4) is 0 Å². The predicted octanol–water partition coefficient (Wildman–Crippen LogP) is 2.45. The first-order valence-corrected chi connectivity index (χ1v) is 2.41. The minimum atomic E-state index is 0. The predicted molar refractivity (Wildman–Crippen MR) is 31.3 cm³/mol. The molecule has 0 aromatic rings. The van der Waals surface area contributed by atoms with Crippen LogP contribution >= 0.6 is 0 Å². The average Bonchev–Trinajstić information content (AvgIpc) is 1.39. The number of hydrogen-bond acceptors (Lipinski definition) is 0. The van der Waals surface area contributed by atoms with Crippen molar-refractivity contribution in [2.45, 2.75) is 26.7 Å². The summed E-state index contributed by atoms with van der Waals surface area (Å²) in [6.45, 7) is 11.0. The molecule has 0 rings (SSSR count). The Balaban J connectivity index is -0.00000000296. The molecule has 0 atom stereocenters. The molecule has 0 aliphatic carbocycles. The van der Waals surface area contributed by atoms with Crippen LogP contribution in [0.2, 0.25) is 0 Å². The minimum Gasteiger partial charge on any atom is -0.344 e. The van der Waals surface area contributed by atoms with Crippen molar-refractivity contribution in [3.8, 4) is 0 Å². The Labute approximate surface area is 178 Å². The van der Waals surface area contributed by atoms with E-state index in [2.05, 4.69) is 13.8 Å². The van der Waals surface area contributed by atoms with Crippen LogP contribution in [0.5, 0.6) is 0 Å². The standard InChI is InChI=1S/2C3H7.2U.2V.2W/c2*1-3-2;;;;;;/h2*1,3H2,2H3;;;;;;/q2*-1;;;;;;. The molecule has 0 fully saturated rings. The second-order valence-corrected chi connectivity index (χ2v) is 1.000. The molecular formula is C6H14U2V2W2-2. The summed E-state index contributed by atoms with van der Waals surface area (Å²) in [5.74, 6) is 0. The zero-order valence-corrected chi connectivity index (χ0v) is 24.5. The van der Waals surface area contributed by atoms with Gasteiger partial charge in [0.2, 0.25) is 0 Å². The Morgan fingerprint density at radius 1 is 0.750 bits per heavy atom. The first-order chi connectivity index (χ1) is 2.83. The van der Waals surface area contributed by atoms with Crippen molar-refractivity contribution in [2.24, 2.45) is 0 Å². The zero-order valence-electron chi connectivity index (χ0n) is 7.54. The molecule has 0 aliphatic rings. The van der Waals surface area contributed by atoms with Crippen molar-refractivity contribution in [1.29, 1.82) is 0 Å². The van der Waals surface area contributed by atoms with E-state index in [1.807, 2.05) is 13.8 Å². The van der Waals surface area contributed by atoms with Gasteiger partial charge in [-0.1, -0.05) is 13.8 Å². The van der Waals surface area contributed by atoms with Gasteiger partial charge in [-0.25, -0.2) is 0 Å². The topological polar surface area (TPSA) is 0 Å². The van der Waals surface area contributed by atoms with Gasteiger partial charge < -0.3 is 13.8 Å². The van der Waals surface area contributed by atoms with E-state index in [1.54, 1.807) is 0 Å². The summed E-state index contributed by atoms with van der Waals surface area (Å²) >= 11 is 0. The molecule has 0 aromatic carbocycles. The van der Waals surface area contributed by atoms with Crippen molar-refractivity contribution >= 4 is 0 Å². The first kappa shape index (κ1) is 54.5. The molecule has 0 bridgehead atoms. The van der Waals surface area contributed by atoms with Crippen molar-refractivity contribution in [1.82, 2.24) is 0 Å². The molecule has 2 radical (unpaired) electrons. The van der Waals surface area contributed by atoms with Crippen LogP contribution in [0.4, 0.5) is 0 Å². The van der Waals surface area contributed by atoms with Gasteiger partial charge in [-0.15, -0.1) is 0 Å². The van der Waals surface area contributed by atoms with Crippen molar-refractivity contribution in [3.63, 3.8) is 0 Å². The third-order valence-corrected chi connectivity index (χ3v) is 0. The molecule has 0 aromatic heterocycles. The molecule has 0 aliphatic heterocycles. The van der Waals surface area contributed by atoms with Gasteiger partial charge in [0, 0.05) is 141 Å². The van der Waals surface area contributed by atoms with Gasteiger partial charge in [-0.3, -0.25) is 0 Å². The molecule has 12 heavy (non-hydrogen) atoms. The fourth-order valence-corrected chi connectivity index (χ4v) is 0. The van der Waals surface area contributed by atoms with Crippen LogP contribution in [0, 0.1) is 76.1 Å². The zero-order chi connectivity index (χ0) is 5.41. The van der Waals surface area contributed by atoms with E-state index in [-0.39, 0.29) is 141 Å². The van der Waals surface area contributed by atoms with Crippen LogP contribution in [-0.4, -0.2) is 0 Å². The Kier molecular flexibility index (Phi) is 345. The third-order valence-electron chi connectivity index (χ3n) is 0. The third kappa shape index (κ3) is 126. The van der Waals surface area contributed by atoms with Crippen LogP contribution < -0.4 is 0 Å². The van der Waals surface area contributed by atoms with E-state index in [0.29, 0.717) is 0 Å². The van der Waals surface area contributed by atoms with Gasteiger partial charge >= 0.3 is 0 Å². The molecule has 0 heterocycles. The van der Waals surface area contributed by atoms with Crippen LogP contribution in [-0.2, 0) is 79.2 Å². The van der Waals surface area contributed by atoms with E-state index >= 15 is 0 Å². The molecule has 70 valence electrons. The molecule has 6 heteroatoms. The summed E-state index contributed by atoms with van der Waals surface area (Å²) in [6.07, 6.45) is 2.00. The molecular weight excluding hydrogens is 1020 g/mol. The SMILES string of the molecule is [CH2-]CC.[CH2-]CC.[U].[U].[V].[V].[W].[W]. The van der Waals surface area contributed by atoms with Crippen molar-refractivity contribution in [3.05, 3.63) is 13.8 Å². The maximum absolute atomic E-state index is 3.49. The van der Waals surface area contributed by atoms with Gasteiger partial charge in [0.05, 0.1) is 0 Å². The first-order valence-electron chi connectivity index (χ1n) is 2.41. The van der Waals surface area contributed by atoms with E-state index < -0.39 is 0 Å². The quantitative estimate of drug-likeness (QED) is 0.328. The molecule has 0 amide bonds. The summed E-state index contributed by atoms with van der Waals surface area (Å²) in [6, 6.07) is 0. The van der Waals surface area contributed by atoms with Gasteiger partial charge in [0.15, 0.2) is 0 Å². The van der Waals surface area contributed by atoms with Crippen molar-refractivity contribution < 1.29 is 141 Å². The van der Waals surface area contributed by atoms with Gasteiger partial charge in [0.25, 0.3) is 0 Å². The molecule has 0 nitrogen and oxygen atoms in total. The van der Waals surface area contributed by atoms with Crippen LogP contribution in [0.1, 0.15) is 26.7 Å². The fraction of sp³-hybridized carbons (Fsp3) is 0.667. The second-order valence-electron chi connectivity index (χ2n) is 1.000. The van der Waals surface area contributed by atoms with Gasteiger partial charge in [0.1, 0.15) is 0 Å². The average molecular weight is 1030 g/mol. The summed E-state index contributed by atoms with van der Waals surface area (Å²) in [7, 11) is 0. The van der Waals surface area contributed by atoms with E-state index in [4.69, 9.17) is 0 Å². The maximum Gasteiger partial charge on any atom is 0 e. The molecule has 0 saturated heterocycles. The Morgan fingerprint density at radius 3 is 0.750 bits per heavy atom. The summed E-state index contributed by atoms with van der Waals surface area (Å²) in [4.78, 5) is 0. The molecule has 0 N–H and O–H groups in total. The molecule has 0 unspecified atom stereocenters.